The molecule has 0 saturated carbocycles. The zero-order valence-corrected chi connectivity index (χ0v) is 14.8. The van der Waals surface area contributed by atoms with Crippen molar-refractivity contribution in [2.45, 2.75) is 27.2 Å². The summed E-state index contributed by atoms with van der Waals surface area (Å²) in [7, 11) is 0. The van der Waals surface area contributed by atoms with Crippen molar-refractivity contribution in [3.63, 3.8) is 0 Å². The molecule has 1 aliphatic heterocycles. The van der Waals surface area contributed by atoms with E-state index in [2.05, 4.69) is 10.6 Å². The Hall–Kier alpha value is -2.44. The summed E-state index contributed by atoms with van der Waals surface area (Å²) in [6.45, 7) is 6.11. The van der Waals surface area contributed by atoms with Crippen molar-refractivity contribution in [2.75, 3.05) is 24.5 Å². The predicted octanol–water partition coefficient (Wildman–Crippen LogP) is 1.38. The highest BCUT2D eigenvalue weighted by molar-refractivity contribution is 6.00. The lowest BCUT2D eigenvalue weighted by atomic mass is 10.1. The van der Waals surface area contributed by atoms with Crippen molar-refractivity contribution in [3.8, 4) is 0 Å². The number of nitrogens with one attached hydrogen (secondary N) is 2. The van der Waals surface area contributed by atoms with Gasteiger partial charge in [0.05, 0.1) is 5.92 Å². The van der Waals surface area contributed by atoms with Crippen LogP contribution >= 0.6 is 0 Å². The van der Waals surface area contributed by atoms with Crippen LogP contribution in [-0.4, -0.2) is 37.4 Å². The first kappa shape index (κ1) is 18.9. The van der Waals surface area contributed by atoms with Crippen LogP contribution in [0.5, 0.6) is 0 Å². The number of nitrogens with zero attached hydrogens (tertiary/aromatic N) is 1. The van der Waals surface area contributed by atoms with E-state index >= 15 is 0 Å². The van der Waals surface area contributed by atoms with Crippen molar-refractivity contribution in [3.05, 3.63) is 29.6 Å². The van der Waals surface area contributed by atoms with Crippen LogP contribution in [0.4, 0.5) is 10.1 Å². The molecule has 0 spiro atoms. The van der Waals surface area contributed by atoms with Gasteiger partial charge in [0.1, 0.15) is 5.82 Å². The molecule has 1 aliphatic rings. The maximum Gasteiger partial charge on any atom is 0.227 e. The second-order valence-electron chi connectivity index (χ2n) is 6.58. The van der Waals surface area contributed by atoms with Gasteiger partial charge in [-0.1, -0.05) is 19.9 Å². The van der Waals surface area contributed by atoms with Gasteiger partial charge in [0.15, 0.2) is 0 Å². The third-order valence-corrected chi connectivity index (χ3v) is 4.21. The first-order valence-electron chi connectivity index (χ1n) is 8.41. The Balaban J connectivity index is 1.85. The lowest BCUT2D eigenvalue weighted by Crippen LogP contribution is -2.39. The van der Waals surface area contributed by atoms with E-state index in [1.165, 1.54) is 11.0 Å². The Morgan fingerprint density at radius 2 is 1.96 bits per heavy atom. The van der Waals surface area contributed by atoms with E-state index < -0.39 is 5.92 Å². The highest BCUT2D eigenvalue weighted by Crippen LogP contribution is 2.26. The van der Waals surface area contributed by atoms with Crippen molar-refractivity contribution in [1.82, 2.24) is 10.6 Å². The largest absolute Gasteiger partial charge is 0.354 e. The first-order chi connectivity index (χ1) is 11.8. The molecule has 7 heteroatoms. The summed E-state index contributed by atoms with van der Waals surface area (Å²) < 4.78 is 13.7. The summed E-state index contributed by atoms with van der Waals surface area (Å²) in [6, 6.07) is 4.61. The zero-order chi connectivity index (χ0) is 18.6. The Morgan fingerprint density at radius 3 is 2.60 bits per heavy atom. The van der Waals surface area contributed by atoms with Crippen molar-refractivity contribution in [1.29, 1.82) is 0 Å². The molecule has 25 heavy (non-hydrogen) atoms. The number of hydrogen-bond acceptors (Lipinski definition) is 3. The SMILES string of the molecule is Cc1ccc(N2C[C@@H](C(=O)NCCNC(=O)C(C)C)CC2=O)cc1F. The van der Waals surface area contributed by atoms with Crippen LogP contribution in [0.1, 0.15) is 25.8 Å². The van der Waals surface area contributed by atoms with Gasteiger partial charge in [0.25, 0.3) is 0 Å². The molecule has 136 valence electrons. The van der Waals surface area contributed by atoms with Gasteiger partial charge in [-0.25, -0.2) is 4.39 Å². The van der Waals surface area contributed by atoms with E-state index in [0.717, 1.165) is 0 Å². The Morgan fingerprint density at radius 1 is 1.28 bits per heavy atom. The number of rotatable bonds is 6. The highest BCUT2D eigenvalue weighted by Gasteiger charge is 2.35. The van der Waals surface area contributed by atoms with Gasteiger partial charge >= 0.3 is 0 Å². The molecule has 3 amide bonds. The Kier molecular flexibility index (Phi) is 6.12. The second-order valence-corrected chi connectivity index (χ2v) is 6.58. The molecule has 2 N–H and O–H groups in total. The number of anilines is 1. The molecule has 1 fully saturated rings. The summed E-state index contributed by atoms with van der Waals surface area (Å²) in [5.41, 5.74) is 0.973. The van der Waals surface area contributed by atoms with Crippen molar-refractivity contribution < 1.29 is 18.8 Å². The number of hydrogen-bond donors (Lipinski definition) is 2. The van der Waals surface area contributed by atoms with E-state index in [1.807, 2.05) is 0 Å². The summed E-state index contributed by atoms with van der Waals surface area (Å²) in [5.74, 6) is -1.46. The van der Waals surface area contributed by atoms with Gasteiger partial charge in [-0.15, -0.1) is 0 Å². The van der Waals surface area contributed by atoms with Crippen molar-refractivity contribution >= 4 is 23.4 Å². The molecule has 2 rings (SSSR count). The van der Waals surface area contributed by atoms with Gasteiger partial charge in [-0.05, 0) is 24.6 Å². The topological polar surface area (TPSA) is 78.5 Å². The standard InChI is InChI=1S/C18H24FN3O3/c1-11(2)17(24)20-6-7-21-18(25)13-8-16(23)22(10-13)14-5-4-12(3)15(19)9-14/h4-5,9,11,13H,6-8,10H2,1-3H3,(H,20,24)(H,21,25)/t13-/m0/s1. The van der Waals surface area contributed by atoms with Gasteiger partial charge in [-0.3, -0.25) is 14.4 Å². The van der Waals surface area contributed by atoms with Crippen LogP contribution in [0.3, 0.4) is 0 Å². The van der Waals surface area contributed by atoms with Crippen LogP contribution in [0.15, 0.2) is 18.2 Å². The lowest BCUT2D eigenvalue weighted by molar-refractivity contribution is -0.126. The fourth-order valence-corrected chi connectivity index (χ4v) is 2.60. The van der Waals surface area contributed by atoms with Crippen molar-refractivity contribution in [2.24, 2.45) is 11.8 Å². The maximum atomic E-state index is 13.7. The quantitative estimate of drug-likeness (QED) is 0.762. The van der Waals surface area contributed by atoms with E-state index in [1.54, 1.807) is 32.9 Å². The van der Waals surface area contributed by atoms with Crippen LogP contribution in [0, 0.1) is 24.6 Å². The third kappa shape index (κ3) is 4.78. The van der Waals surface area contributed by atoms with Crippen LogP contribution < -0.4 is 15.5 Å². The Labute approximate surface area is 146 Å². The van der Waals surface area contributed by atoms with Crippen LogP contribution in [-0.2, 0) is 14.4 Å². The molecule has 1 aromatic rings. The average Bonchev–Trinajstić information content (AvgIpc) is 2.95. The van der Waals surface area contributed by atoms with Gasteiger partial charge in [0, 0.05) is 37.7 Å². The van der Waals surface area contributed by atoms with Gasteiger partial charge in [0.2, 0.25) is 17.7 Å². The van der Waals surface area contributed by atoms with E-state index in [4.69, 9.17) is 0 Å². The van der Waals surface area contributed by atoms with E-state index in [9.17, 15) is 18.8 Å². The summed E-state index contributed by atoms with van der Waals surface area (Å²) in [4.78, 5) is 37.2. The van der Waals surface area contributed by atoms with Gasteiger partial charge in [-0.2, -0.15) is 0 Å². The molecule has 1 aromatic carbocycles. The molecule has 0 bridgehead atoms. The Bertz CT molecular complexity index is 676. The molecule has 0 radical (unpaired) electrons. The number of benzene rings is 1. The van der Waals surface area contributed by atoms with E-state index in [0.29, 0.717) is 24.3 Å². The molecule has 1 heterocycles. The normalized spacial score (nSPS) is 17.1. The number of carbonyl (C=O) groups is 3. The summed E-state index contributed by atoms with van der Waals surface area (Å²) in [5, 5.41) is 5.44. The highest BCUT2D eigenvalue weighted by atomic mass is 19.1. The predicted molar refractivity (Wildman–Crippen MR) is 92.5 cm³/mol. The zero-order valence-electron chi connectivity index (χ0n) is 14.8. The molecule has 6 nitrogen and oxygen atoms in total. The average molecular weight is 349 g/mol. The van der Waals surface area contributed by atoms with Crippen LogP contribution in [0.2, 0.25) is 0 Å². The molecule has 1 saturated heterocycles. The molecule has 0 aromatic heterocycles. The summed E-state index contributed by atoms with van der Waals surface area (Å²) >= 11 is 0. The smallest absolute Gasteiger partial charge is 0.227 e. The number of aryl methyl sites for hydroxylation is 1. The number of amides is 3. The van der Waals surface area contributed by atoms with Crippen LogP contribution in [0.25, 0.3) is 0 Å². The number of carbonyl (C=O) groups excluding carboxylic acids is 3. The minimum absolute atomic E-state index is 0.0714. The number of halogens is 1. The molecule has 1 atom stereocenters. The first-order valence-corrected chi connectivity index (χ1v) is 8.41. The second kappa shape index (κ2) is 8.09. The minimum atomic E-state index is -0.474. The fourth-order valence-electron chi connectivity index (χ4n) is 2.60. The monoisotopic (exact) mass is 349 g/mol. The molecular formula is C18H24FN3O3. The molecule has 0 aliphatic carbocycles. The van der Waals surface area contributed by atoms with Gasteiger partial charge < -0.3 is 15.5 Å². The third-order valence-electron chi connectivity index (χ3n) is 4.21. The maximum absolute atomic E-state index is 13.7. The fraction of sp³-hybridized carbons (Fsp3) is 0.500. The lowest BCUT2D eigenvalue weighted by Gasteiger charge is -2.17. The molecular weight excluding hydrogens is 325 g/mol. The molecule has 0 unspecified atom stereocenters. The minimum Gasteiger partial charge on any atom is -0.354 e. The summed E-state index contributed by atoms with van der Waals surface area (Å²) in [6.07, 6.45) is 0.0969. The van der Waals surface area contributed by atoms with E-state index in [-0.39, 0.29) is 42.4 Å².